The van der Waals surface area contributed by atoms with E-state index in [1.165, 1.54) is 11.8 Å². The summed E-state index contributed by atoms with van der Waals surface area (Å²) in [5.74, 6) is 1.70. The molecule has 1 N–H and O–H groups in total. The summed E-state index contributed by atoms with van der Waals surface area (Å²) in [6.45, 7) is 2.45. The van der Waals surface area contributed by atoms with Crippen molar-refractivity contribution < 1.29 is 14.2 Å². The Labute approximate surface area is 181 Å². The van der Waals surface area contributed by atoms with Crippen molar-refractivity contribution in [3.05, 3.63) is 46.4 Å². The summed E-state index contributed by atoms with van der Waals surface area (Å²) in [6.07, 6.45) is 1.39. The van der Waals surface area contributed by atoms with Crippen LogP contribution in [-0.2, 0) is 0 Å². The Morgan fingerprint density at radius 2 is 2.07 bits per heavy atom. The van der Waals surface area contributed by atoms with Crippen LogP contribution in [0.1, 0.15) is 18.7 Å². The van der Waals surface area contributed by atoms with Crippen molar-refractivity contribution >= 4 is 33.4 Å². The first-order valence-electron chi connectivity index (χ1n) is 8.96. The number of methoxy groups -OCH3 is 1. The first kappa shape index (κ1) is 19.8. The Balaban J connectivity index is 1.84. The van der Waals surface area contributed by atoms with E-state index in [1.54, 1.807) is 7.11 Å². The maximum atomic E-state index is 6.27. The third kappa shape index (κ3) is 3.84. The summed E-state index contributed by atoms with van der Waals surface area (Å²) in [4.78, 5) is 4.54. The monoisotopic (exact) mass is 474 g/mol. The molecule has 2 heterocycles. The van der Waals surface area contributed by atoms with Crippen LogP contribution < -0.4 is 19.5 Å². The van der Waals surface area contributed by atoms with Crippen LogP contribution in [0.15, 0.2) is 46.0 Å². The van der Waals surface area contributed by atoms with E-state index in [2.05, 4.69) is 36.4 Å². The molecule has 1 unspecified atom stereocenters. The quantitative estimate of drug-likeness (QED) is 0.521. The number of anilines is 1. The zero-order valence-corrected chi connectivity index (χ0v) is 18.5. The van der Waals surface area contributed by atoms with Gasteiger partial charge in [-0.15, -0.1) is 10.2 Å². The van der Waals surface area contributed by atoms with E-state index in [-0.39, 0.29) is 0 Å². The molecular weight excluding hydrogens is 456 g/mol. The van der Waals surface area contributed by atoms with Gasteiger partial charge in [0.1, 0.15) is 0 Å². The van der Waals surface area contributed by atoms with Gasteiger partial charge >= 0.3 is 0 Å². The van der Waals surface area contributed by atoms with E-state index < -0.39 is 6.23 Å². The number of hydrogen-bond donors (Lipinski definition) is 1. The number of nitrogens with one attached hydrogen (secondary N) is 1. The number of benzene rings is 2. The van der Waals surface area contributed by atoms with Crippen molar-refractivity contribution in [2.75, 3.05) is 25.3 Å². The van der Waals surface area contributed by atoms with E-state index in [0.717, 1.165) is 21.3 Å². The summed E-state index contributed by atoms with van der Waals surface area (Å²) < 4.78 is 18.3. The molecule has 9 heteroatoms. The molecule has 0 radical (unpaired) electrons. The molecule has 0 spiro atoms. The molecule has 0 saturated carbocycles. The highest BCUT2D eigenvalue weighted by Crippen LogP contribution is 2.42. The Kier molecular flexibility index (Phi) is 5.77. The molecule has 0 fully saturated rings. The standard InChI is InChI=1S/C20H19BrN4O3S/c1-4-27-15-10-11(9-13(21)17(15)26-2)18-22-14-8-6-5-7-12(14)16-19(28-18)23-20(29-3)25-24-16/h5-10,18,22H,4H2,1-3H3. The minimum Gasteiger partial charge on any atom is -0.492 e. The van der Waals surface area contributed by atoms with Gasteiger partial charge in [-0.25, -0.2) is 0 Å². The Morgan fingerprint density at radius 1 is 1.24 bits per heavy atom. The first-order valence-corrected chi connectivity index (χ1v) is 11.0. The van der Waals surface area contributed by atoms with Gasteiger partial charge in [-0.1, -0.05) is 30.0 Å². The SMILES string of the molecule is CCOc1cc(C2Nc3ccccc3-c3nnc(SC)nc3O2)cc(Br)c1OC. The fourth-order valence-corrected chi connectivity index (χ4v) is 4.00. The smallest absolute Gasteiger partial charge is 0.247 e. The Hall–Kier alpha value is -2.52. The minimum absolute atomic E-state index is 0.428. The van der Waals surface area contributed by atoms with Crippen LogP contribution in [0.25, 0.3) is 11.3 Å². The lowest BCUT2D eigenvalue weighted by Crippen LogP contribution is -2.17. The van der Waals surface area contributed by atoms with Crippen molar-refractivity contribution in [2.45, 2.75) is 18.3 Å². The van der Waals surface area contributed by atoms with Gasteiger partial charge in [0.15, 0.2) is 23.4 Å². The van der Waals surface area contributed by atoms with Crippen molar-refractivity contribution in [1.29, 1.82) is 0 Å². The molecular formula is C20H19BrN4O3S. The van der Waals surface area contributed by atoms with Crippen LogP contribution in [-0.4, -0.2) is 35.2 Å². The van der Waals surface area contributed by atoms with E-state index >= 15 is 0 Å². The third-order valence-corrected chi connectivity index (χ3v) is 5.48. The van der Waals surface area contributed by atoms with E-state index in [1.807, 2.05) is 49.6 Å². The minimum atomic E-state index is -0.509. The van der Waals surface area contributed by atoms with E-state index in [4.69, 9.17) is 14.2 Å². The molecule has 2 aromatic carbocycles. The number of hydrogen-bond acceptors (Lipinski definition) is 8. The first-order chi connectivity index (χ1) is 14.1. The number of halogens is 1. The van der Waals surface area contributed by atoms with Gasteiger partial charge in [0.25, 0.3) is 0 Å². The molecule has 0 aliphatic carbocycles. The molecule has 29 heavy (non-hydrogen) atoms. The van der Waals surface area contributed by atoms with Crippen molar-refractivity contribution in [1.82, 2.24) is 15.2 Å². The molecule has 7 nitrogen and oxygen atoms in total. The highest BCUT2D eigenvalue weighted by Gasteiger charge is 2.27. The molecule has 150 valence electrons. The molecule has 0 bridgehead atoms. The lowest BCUT2D eigenvalue weighted by Gasteiger charge is -2.21. The van der Waals surface area contributed by atoms with Gasteiger partial charge in [-0.3, -0.25) is 0 Å². The lowest BCUT2D eigenvalue weighted by atomic mass is 10.1. The predicted octanol–water partition coefficient (Wildman–Crippen LogP) is 4.93. The van der Waals surface area contributed by atoms with Crippen LogP contribution in [0, 0.1) is 0 Å². The maximum absolute atomic E-state index is 6.27. The zero-order chi connectivity index (χ0) is 20.4. The molecule has 0 amide bonds. The maximum Gasteiger partial charge on any atom is 0.247 e. The fraction of sp³-hybridized carbons (Fsp3) is 0.250. The molecule has 0 saturated heterocycles. The molecule has 1 atom stereocenters. The summed E-state index contributed by atoms with van der Waals surface area (Å²) in [5, 5.41) is 12.5. The van der Waals surface area contributed by atoms with Gasteiger partial charge in [0.05, 0.1) is 18.2 Å². The average molecular weight is 475 g/mol. The summed E-state index contributed by atoms with van der Waals surface area (Å²) in [6, 6.07) is 11.7. The molecule has 1 aromatic heterocycles. The summed E-state index contributed by atoms with van der Waals surface area (Å²) in [7, 11) is 1.61. The van der Waals surface area contributed by atoms with Gasteiger partial charge in [0.2, 0.25) is 11.0 Å². The number of rotatable bonds is 5. The van der Waals surface area contributed by atoms with Gasteiger partial charge < -0.3 is 19.5 Å². The van der Waals surface area contributed by atoms with Gasteiger partial charge in [-0.2, -0.15) is 4.98 Å². The van der Waals surface area contributed by atoms with Crippen LogP contribution >= 0.6 is 27.7 Å². The van der Waals surface area contributed by atoms with Gasteiger partial charge in [-0.05, 0) is 47.3 Å². The summed E-state index contributed by atoms with van der Waals surface area (Å²) in [5.41, 5.74) is 3.23. The number of para-hydroxylation sites is 1. The van der Waals surface area contributed by atoms with Crippen molar-refractivity contribution in [3.8, 4) is 28.6 Å². The predicted molar refractivity (Wildman–Crippen MR) is 116 cm³/mol. The number of fused-ring (bicyclic) bond motifs is 3. The van der Waals surface area contributed by atoms with Gasteiger partial charge in [0, 0.05) is 16.8 Å². The third-order valence-electron chi connectivity index (χ3n) is 4.35. The second kappa shape index (κ2) is 8.46. The molecule has 1 aliphatic heterocycles. The Morgan fingerprint density at radius 3 is 2.83 bits per heavy atom. The second-order valence-corrected chi connectivity index (χ2v) is 7.73. The number of nitrogens with zero attached hydrogens (tertiary/aromatic N) is 3. The van der Waals surface area contributed by atoms with E-state index in [0.29, 0.717) is 34.8 Å². The van der Waals surface area contributed by atoms with Crippen LogP contribution in [0.2, 0.25) is 0 Å². The number of thioether (sulfide) groups is 1. The largest absolute Gasteiger partial charge is 0.492 e. The fourth-order valence-electron chi connectivity index (χ4n) is 3.08. The molecule has 3 aromatic rings. The highest BCUT2D eigenvalue weighted by atomic mass is 79.9. The van der Waals surface area contributed by atoms with Crippen molar-refractivity contribution in [2.24, 2.45) is 0 Å². The lowest BCUT2D eigenvalue weighted by molar-refractivity contribution is 0.224. The van der Waals surface area contributed by atoms with Crippen molar-refractivity contribution in [3.63, 3.8) is 0 Å². The number of aromatic nitrogens is 3. The second-order valence-electron chi connectivity index (χ2n) is 6.11. The average Bonchev–Trinajstić information content (AvgIpc) is 2.90. The Bertz CT molecular complexity index is 1050. The van der Waals surface area contributed by atoms with Crippen LogP contribution in [0.4, 0.5) is 5.69 Å². The summed E-state index contributed by atoms with van der Waals surface area (Å²) >= 11 is 4.98. The van der Waals surface area contributed by atoms with Crippen LogP contribution in [0.5, 0.6) is 17.4 Å². The topological polar surface area (TPSA) is 78.4 Å². The molecule has 1 aliphatic rings. The molecule has 4 rings (SSSR count). The van der Waals surface area contributed by atoms with Crippen LogP contribution in [0.3, 0.4) is 0 Å². The normalized spacial score (nSPS) is 14.7. The zero-order valence-electron chi connectivity index (χ0n) is 16.1. The number of ether oxygens (including phenoxy) is 3. The highest BCUT2D eigenvalue weighted by molar-refractivity contribution is 9.10. The van der Waals surface area contributed by atoms with E-state index in [9.17, 15) is 0 Å².